The molecule has 3 aromatic carbocycles. The number of unbranched alkanes of at least 4 members (excludes halogenated alkanes) is 2. The zero-order chi connectivity index (χ0) is 44.5. The molecule has 0 spiro atoms. The molecule has 3 heterocycles. The molecule has 64 heavy (non-hydrogen) atoms. The molecular weight excluding hydrogens is 815 g/mol. The molecule has 1 saturated carbocycles. The molecule has 4 aromatic rings. The second-order valence-electron chi connectivity index (χ2n) is 16.9. The van der Waals surface area contributed by atoms with Crippen molar-refractivity contribution in [2.45, 2.75) is 89.4 Å². The number of ether oxygens (including phenoxy) is 6. The normalized spacial score (nSPS) is 23.3. The molecule has 2 aliphatic heterocycles. The van der Waals surface area contributed by atoms with Gasteiger partial charge in [0.1, 0.15) is 30.8 Å². The van der Waals surface area contributed by atoms with Crippen molar-refractivity contribution in [1.29, 1.82) is 0 Å². The Morgan fingerprint density at radius 2 is 1.72 bits per heavy atom. The predicted octanol–water partition coefficient (Wildman–Crippen LogP) is 8.80. The highest BCUT2D eigenvalue weighted by atomic mass is 16.7. The van der Waals surface area contributed by atoms with Gasteiger partial charge in [-0.05, 0) is 104 Å². The summed E-state index contributed by atoms with van der Waals surface area (Å²) in [4.78, 5) is 27.0. The highest BCUT2D eigenvalue weighted by Crippen LogP contribution is 2.62. The Hall–Kier alpha value is -5.89. The number of oxime groups is 1. The Morgan fingerprint density at radius 1 is 0.922 bits per heavy atom. The fourth-order valence-corrected chi connectivity index (χ4v) is 9.99. The van der Waals surface area contributed by atoms with Crippen molar-refractivity contribution < 1.29 is 48.3 Å². The quantitative estimate of drug-likeness (QED) is 0.0498. The van der Waals surface area contributed by atoms with Crippen molar-refractivity contribution >= 4 is 11.8 Å². The summed E-state index contributed by atoms with van der Waals surface area (Å²) < 4.78 is 37.9. The average molecular weight is 874 g/mol. The van der Waals surface area contributed by atoms with Gasteiger partial charge < -0.3 is 43.5 Å². The molecule has 1 amide bonds. The number of fused-ring (bicyclic) bond motifs is 3. The number of allylic oxidation sites excluding steroid dienone is 1. The molecule has 8 rings (SSSR count). The summed E-state index contributed by atoms with van der Waals surface area (Å²) >= 11 is 0. The van der Waals surface area contributed by atoms with Gasteiger partial charge in [0.25, 0.3) is 0 Å². The fourth-order valence-electron chi connectivity index (χ4n) is 9.99. The van der Waals surface area contributed by atoms with E-state index in [4.69, 9.17) is 38.4 Å². The van der Waals surface area contributed by atoms with E-state index in [0.717, 1.165) is 59.3 Å². The van der Waals surface area contributed by atoms with E-state index in [9.17, 15) is 15.0 Å². The van der Waals surface area contributed by atoms with Gasteiger partial charge in [-0.25, -0.2) is 4.79 Å². The van der Waals surface area contributed by atoms with Crippen LogP contribution in [0, 0.1) is 24.7 Å². The second kappa shape index (κ2) is 20.7. The summed E-state index contributed by atoms with van der Waals surface area (Å²) in [6.07, 6.45) is 8.21. The Bertz CT molecular complexity index is 2300. The molecule has 2 N–H and O–H groups in total. The van der Waals surface area contributed by atoms with Crippen molar-refractivity contribution in [3.05, 3.63) is 137 Å². The minimum Gasteiger partial charge on any atom is -0.487 e. The van der Waals surface area contributed by atoms with E-state index in [-0.39, 0.29) is 70.5 Å². The minimum atomic E-state index is -1.47. The first kappa shape index (κ1) is 44.7. The van der Waals surface area contributed by atoms with Crippen LogP contribution in [0.25, 0.3) is 0 Å². The van der Waals surface area contributed by atoms with Crippen LogP contribution < -0.4 is 18.9 Å². The van der Waals surface area contributed by atoms with Crippen LogP contribution in [-0.4, -0.2) is 77.5 Å². The molecule has 6 atom stereocenters. The number of benzene rings is 3. The first-order valence-electron chi connectivity index (χ1n) is 22.4. The van der Waals surface area contributed by atoms with Gasteiger partial charge in [0, 0.05) is 43.4 Å². The molecule has 0 radical (unpaired) electrons. The van der Waals surface area contributed by atoms with Gasteiger partial charge in [-0.2, -0.15) is 0 Å². The number of hydrogen-bond acceptors (Lipinski definition) is 12. The molecule has 1 aromatic heterocycles. The zero-order valence-corrected chi connectivity index (χ0v) is 36.7. The zero-order valence-electron chi connectivity index (χ0n) is 36.7. The third-order valence-corrected chi connectivity index (χ3v) is 12.8. The molecule has 13 nitrogen and oxygen atoms in total. The number of carbonyl (C=O) groups is 1. The SMILES string of the molecule is C=CCO[C@@]12Oc3ccc(OCc4cccc(C)n4)cc3[C@H]3[C@H](CCCCO)[C@@H](CCCCO)C=C(C(=NOCc4ccccc4)C[C@@H]1N(Cc1ccc4c(c1)OCO4)C(=O)OC)[C@H]32. The number of methoxy groups -OCH3 is 1. The number of nitrogens with zero attached hydrogens (tertiary/aromatic N) is 3. The summed E-state index contributed by atoms with van der Waals surface area (Å²) in [6, 6.07) is 26.5. The number of carbonyl (C=O) groups excluding carboxylic acids is 1. The van der Waals surface area contributed by atoms with Crippen molar-refractivity contribution in [3.63, 3.8) is 0 Å². The van der Waals surface area contributed by atoms with Crippen LogP contribution in [0.1, 0.15) is 78.9 Å². The minimum absolute atomic E-state index is 0.0349. The summed E-state index contributed by atoms with van der Waals surface area (Å²) in [5, 5.41) is 24.9. The lowest BCUT2D eigenvalue weighted by Crippen LogP contribution is -2.70. The van der Waals surface area contributed by atoms with Crippen LogP contribution in [0.15, 0.2) is 114 Å². The molecule has 338 valence electrons. The monoisotopic (exact) mass is 873 g/mol. The number of aliphatic hydroxyl groups is 2. The lowest BCUT2D eigenvalue weighted by molar-refractivity contribution is -0.256. The number of aryl methyl sites for hydroxylation is 1. The first-order chi connectivity index (χ1) is 31.3. The maximum atomic E-state index is 14.4. The highest BCUT2D eigenvalue weighted by Gasteiger charge is 2.65. The van der Waals surface area contributed by atoms with Crippen LogP contribution in [0.3, 0.4) is 0 Å². The number of hydrogen-bond donors (Lipinski definition) is 2. The van der Waals surface area contributed by atoms with E-state index in [2.05, 4.69) is 23.7 Å². The molecule has 1 fully saturated rings. The molecule has 4 aliphatic rings. The molecule has 13 heteroatoms. The Balaban J connectivity index is 1.30. The largest absolute Gasteiger partial charge is 0.487 e. The number of pyridine rings is 1. The van der Waals surface area contributed by atoms with E-state index >= 15 is 0 Å². The van der Waals surface area contributed by atoms with E-state index in [0.29, 0.717) is 41.6 Å². The van der Waals surface area contributed by atoms with Crippen LogP contribution in [0.5, 0.6) is 23.0 Å². The van der Waals surface area contributed by atoms with Gasteiger partial charge in [-0.15, -0.1) is 6.58 Å². The summed E-state index contributed by atoms with van der Waals surface area (Å²) in [5.41, 5.74) is 6.05. The molecular formula is C51H59N3O10. The third kappa shape index (κ3) is 9.62. The van der Waals surface area contributed by atoms with Gasteiger partial charge >= 0.3 is 6.09 Å². The lowest BCUT2D eigenvalue weighted by atomic mass is 9.55. The summed E-state index contributed by atoms with van der Waals surface area (Å²) in [5.74, 6) is 0.385. The molecule has 2 aliphatic carbocycles. The summed E-state index contributed by atoms with van der Waals surface area (Å²) in [7, 11) is 1.38. The summed E-state index contributed by atoms with van der Waals surface area (Å²) in [6.45, 7) is 7.08. The van der Waals surface area contributed by atoms with Gasteiger partial charge in [0.15, 0.2) is 11.5 Å². The van der Waals surface area contributed by atoms with Crippen LogP contribution in [-0.2, 0) is 34.1 Å². The highest BCUT2D eigenvalue weighted by molar-refractivity contribution is 6.03. The van der Waals surface area contributed by atoms with E-state index in [1.54, 1.807) is 11.0 Å². The molecule has 0 bridgehead atoms. The number of aliphatic hydroxyl groups excluding tert-OH is 2. The molecule has 0 saturated heterocycles. The maximum Gasteiger partial charge on any atom is 0.410 e. The van der Waals surface area contributed by atoms with Crippen LogP contribution >= 0.6 is 0 Å². The topological polar surface area (TPSA) is 151 Å². The number of amides is 1. The standard InChI is InChI=1S/C51H59N3O10/c1-4-25-62-51-47(54(50(57)58-3)30-36-19-21-45-46(26-36)61-33-60-45)29-43(53-63-31-35-14-6-5-7-15-35)41-27-37(16-8-10-23-55)40(18-9-11-24-56)48(49(41)51)42-28-39(20-22-44(42)64-51)59-32-38-17-12-13-34(2)52-38/h4-7,12-15,17,19-22,26-28,37,40,47-49,55-56H,1,8-11,16,18,23-25,29-33H2,2-3H3/t37-,40+,47-,48+,49+,51+/m0/s1. The first-order valence-corrected chi connectivity index (χ1v) is 22.4. The second-order valence-corrected chi connectivity index (χ2v) is 16.9. The Labute approximate surface area is 375 Å². The van der Waals surface area contributed by atoms with Crippen molar-refractivity contribution in [3.8, 4) is 23.0 Å². The van der Waals surface area contributed by atoms with Gasteiger partial charge in [0.2, 0.25) is 12.6 Å². The smallest absolute Gasteiger partial charge is 0.410 e. The third-order valence-electron chi connectivity index (χ3n) is 12.8. The van der Waals surface area contributed by atoms with Gasteiger partial charge in [-0.1, -0.05) is 72.6 Å². The average Bonchev–Trinajstić information content (AvgIpc) is 3.79. The lowest BCUT2D eigenvalue weighted by Gasteiger charge is -2.59. The van der Waals surface area contributed by atoms with Crippen molar-refractivity contribution in [2.24, 2.45) is 22.9 Å². The van der Waals surface area contributed by atoms with Crippen LogP contribution in [0.4, 0.5) is 4.79 Å². The number of rotatable bonds is 20. The van der Waals surface area contributed by atoms with Gasteiger partial charge in [-0.3, -0.25) is 9.88 Å². The maximum absolute atomic E-state index is 14.4. The van der Waals surface area contributed by atoms with E-state index < -0.39 is 23.8 Å². The molecule has 0 unspecified atom stereocenters. The van der Waals surface area contributed by atoms with Gasteiger partial charge in [0.05, 0.1) is 31.0 Å². The number of aromatic nitrogens is 1. The van der Waals surface area contributed by atoms with Crippen molar-refractivity contribution in [2.75, 3.05) is 33.7 Å². The van der Waals surface area contributed by atoms with E-state index in [1.807, 2.05) is 85.8 Å². The fraction of sp³-hybridized carbons (Fsp3) is 0.431. The Morgan fingerprint density at radius 3 is 2.50 bits per heavy atom. The van der Waals surface area contributed by atoms with Crippen molar-refractivity contribution in [1.82, 2.24) is 9.88 Å². The van der Waals surface area contributed by atoms with E-state index in [1.165, 1.54) is 7.11 Å². The predicted molar refractivity (Wildman–Crippen MR) is 240 cm³/mol. The Kier molecular flexibility index (Phi) is 14.5. The van der Waals surface area contributed by atoms with Crippen LogP contribution in [0.2, 0.25) is 0 Å².